The largest absolute Gasteiger partial charge is 0.354 e. The minimum absolute atomic E-state index is 0.0719. The van der Waals surface area contributed by atoms with E-state index in [1.807, 2.05) is 29.2 Å². The Hall–Kier alpha value is -2.32. The zero-order valence-corrected chi connectivity index (χ0v) is 20.3. The van der Waals surface area contributed by atoms with E-state index in [1.165, 1.54) is 18.2 Å². The maximum absolute atomic E-state index is 13.8. The molecule has 1 saturated heterocycles. The number of anilines is 1. The number of hydrogen-bond acceptors (Lipinski definition) is 5. The van der Waals surface area contributed by atoms with E-state index >= 15 is 0 Å². The number of alkyl halides is 2. The lowest BCUT2D eigenvalue weighted by Gasteiger charge is -2.40. The number of para-hydroxylation sites is 2. The van der Waals surface area contributed by atoms with Gasteiger partial charge in [-0.2, -0.15) is 0 Å². The van der Waals surface area contributed by atoms with Crippen LogP contribution >= 0.6 is 11.6 Å². The van der Waals surface area contributed by atoms with Crippen molar-refractivity contribution in [3.05, 3.63) is 59.2 Å². The van der Waals surface area contributed by atoms with E-state index in [1.54, 1.807) is 13.8 Å². The van der Waals surface area contributed by atoms with Gasteiger partial charge in [-0.05, 0) is 56.9 Å². The molecular weight excluding hydrogens is 468 g/mol. The SMILES string of the molecule is CC(F)(F)c1cccc(S(=O)(=O)C(C)(C)C2CCN(c3nc4ccccc4nc3Cl)CC2)c1. The minimum Gasteiger partial charge on any atom is -0.354 e. The van der Waals surface area contributed by atoms with Gasteiger partial charge in [0.1, 0.15) is 0 Å². The molecule has 3 aromatic rings. The Morgan fingerprint density at radius 2 is 1.58 bits per heavy atom. The summed E-state index contributed by atoms with van der Waals surface area (Å²) in [5.74, 6) is -2.68. The average Bonchev–Trinajstić information content (AvgIpc) is 2.78. The second-order valence-corrected chi connectivity index (χ2v) is 12.0. The first kappa shape index (κ1) is 23.8. The fraction of sp³-hybridized carbons (Fsp3) is 0.417. The zero-order chi connectivity index (χ0) is 24.0. The van der Waals surface area contributed by atoms with Gasteiger partial charge in [-0.25, -0.2) is 27.2 Å². The van der Waals surface area contributed by atoms with E-state index in [9.17, 15) is 17.2 Å². The molecule has 1 aliphatic heterocycles. The fourth-order valence-corrected chi connectivity index (χ4v) is 6.49. The summed E-state index contributed by atoms with van der Waals surface area (Å²) >= 11 is 6.39. The first-order valence-electron chi connectivity index (χ1n) is 10.8. The van der Waals surface area contributed by atoms with Crippen LogP contribution in [0.25, 0.3) is 11.0 Å². The first-order chi connectivity index (χ1) is 15.4. The number of benzene rings is 2. The van der Waals surface area contributed by atoms with Gasteiger partial charge in [0.15, 0.2) is 20.8 Å². The quantitative estimate of drug-likeness (QED) is 0.445. The Balaban J connectivity index is 1.55. The standard InChI is InChI=1S/C24H26ClF2N3O2S/c1-23(2,33(31,32)18-8-6-7-17(15-18)24(3,26)27)16-11-13-30(14-12-16)22-21(25)28-19-9-4-5-10-20(19)29-22/h4-10,15-16H,11-14H2,1-3H3. The van der Waals surface area contributed by atoms with Crippen molar-refractivity contribution in [3.8, 4) is 0 Å². The number of aromatic nitrogens is 2. The summed E-state index contributed by atoms with van der Waals surface area (Å²) in [5.41, 5.74) is 1.15. The van der Waals surface area contributed by atoms with Crippen molar-refractivity contribution in [2.24, 2.45) is 5.92 Å². The summed E-state index contributed by atoms with van der Waals surface area (Å²) in [6.45, 7) is 5.28. The van der Waals surface area contributed by atoms with Gasteiger partial charge in [0.2, 0.25) is 0 Å². The Kier molecular flexibility index (Phi) is 6.12. The molecule has 33 heavy (non-hydrogen) atoms. The van der Waals surface area contributed by atoms with Crippen LogP contribution in [0.5, 0.6) is 0 Å². The number of halogens is 3. The molecular formula is C24H26ClF2N3O2S. The van der Waals surface area contributed by atoms with Gasteiger partial charge >= 0.3 is 0 Å². The minimum atomic E-state index is -3.85. The summed E-state index contributed by atoms with van der Waals surface area (Å²) in [7, 11) is -3.85. The molecule has 0 unspecified atom stereocenters. The molecule has 2 heterocycles. The van der Waals surface area contributed by atoms with E-state index < -0.39 is 20.5 Å². The molecule has 9 heteroatoms. The lowest BCUT2D eigenvalue weighted by Crippen LogP contribution is -2.46. The number of sulfone groups is 1. The topological polar surface area (TPSA) is 63.2 Å². The molecule has 0 saturated carbocycles. The van der Waals surface area contributed by atoms with Gasteiger partial charge in [-0.15, -0.1) is 0 Å². The predicted octanol–water partition coefficient (Wildman–Crippen LogP) is 5.86. The van der Waals surface area contributed by atoms with Crippen molar-refractivity contribution in [2.45, 2.75) is 49.2 Å². The molecule has 5 nitrogen and oxygen atoms in total. The summed E-state index contributed by atoms with van der Waals surface area (Å²) in [6, 6.07) is 12.6. The fourth-order valence-electron chi connectivity index (χ4n) is 4.42. The predicted molar refractivity (Wildman–Crippen MR) is 127 cm³/mol. The highest BCUT2D eigenvalue weighted by molar-refractivity contribution is 7.92. The molecule has 0 spiro atoms. The second-order valence-electron chi connectivity index (χ2n) is 9.11. The van der Waals surface area contributed by atoms with E-state index in [2.05, 4.69) is 9.97 Å². The number of piperidine rings is 1. The molecule has 0 aliphatic carbocycles. The lowest BCUT2D eigenvalue weighted by molar-refractivity contribution is 0.0172. The third kappa shape index (κ3) is 4.43. The molecule has 2 aromatic carbocycles. The van der Waals surface area contributed by atoms with Gasteiger partial charge in [0.25, 0.3) is 5.92 Å². The normalized spacial score (nSPS) is 16.4. The van der Waals surface area contributed by atoms with Gasteiger partial charge in [-0.3, -0.25) is 0 Å². The van der Waals surface area contributed by atoms with Crippen molar-refractivity contribution >= 4 is 38.3 Å². The molecule has 1 aliphatic rings. The van der Waals surface area contributed by atoms with Crippen molar-refractivity contribution in [2.75, 3.05) is 18.0 Å². The lowest BCUT2D eigenvalue weighted by atomic mass is 9.86. The second kappa shape index (κ2) is 8.47. The smallest absolute Gasteiger partial charge is 0.270 e. The molecule has 176 valence electrons. The first-order valence-corrected chi connectivity index (χ1v) is 12.7. The van der Waals surface area contributed by atoms with Crippen molar-refractivity contribution in [1.82, 2.24) is 9.97 Å². The summed E-state index contributed by atoms with van der Waals surface area (Å²) < 4.78 is 53.4. The van der Waals surface area contributed by atoms with Crippen LogP contribution in [0.2, 0.25) is 5.15 Å². The van der Waals surface area contributed by atoms with Crippen LogP contribution in [0, 0.1) is 5.92 Å². The Labute approximate surface area is 197 Å². The van der Waals surface area contributed by atoms with E-state index in [-0.39, 0.29) is 16.4 Å². The van der Waals surface area contributed by atoms with E-state index in [4.69, 9.17) is 11.6 Å². The molecule has 0 radical (unpaired) electrons. The van der Waals surface area contributed by atoms with Gasteiger partial charge in [0, 0.05) is 25.6 Å². The van der Waals surface area contributed by atoms with Crippen molar-refractivity contribution in [3.63, 3.8) is 0 Å². The van der Waals surface area contributed by atoms with Gasteiger partial charge in [-0.1, -0.05) is 35.9 Å². The maximum Gasteiger partial charge on any atom is 0.270 e. The van der Waals surface area contributed by atoms with Crippen molar-refractivity contribution in [1.29, 1.82) is 0 Å². The van der Waals surface area contributed by atoms with Crippen LogP contribution in [-0.2, 0) is 15.8 Å². The highest BCUT2D eigenvalue weighted by Gasteiger charge is 2.44. The molecule has 0 N–H and O–H groups in total. The van der Waals surface area contributed by atoms with Crippen LogP contribution in [0.3, 0.4) is 0 Å². The monoisotopic (exact) mass is 493 g/mol. The molecule has 1 fully saturated rings. The molecule has 4 rings (SSSR count). The number of nitrogens with zero attached hydrogens (tertiary/aromatic N) is 3. The molecule has 1 aromatic heterocycles. The highest BCUT2D eigenvalue weighted by atomic mass is 35.5. The third-order valence-corrected chi connectivity index (χ3v) is 9.48. The molecule has 0 atom stereocenters. The van der Waals surface area contributed by atoms with Gasteiger partial charge < -0.3 is 4.90 Å². The van der Waals surface area contributed by atoms with Gasteiger partial charge in [0.05, 0.1) is 20.7 Å². The Morgan fingerprint density at radius 3 is 2.18 bits per heavy atom. The zero-order valence-electron chi connectivity index (χ0n) is 18.7. The third-order valence-electron chi connectivity index (χ3n) is 6.63. The van der Waals surface area contributed by atoms with Crippen LogP contribution in [0.15, 0.2) is 53.4 Å². The molecule has 0 bridgehead atoms. The molecule has 0 amide bonds. The summed E-state index contributed by atoms with van der Waals surface area (Å²) in [6.07, 6.45) is 1.20. The van der Waals surface area contributed by atoms with Crippen LogP contribution in [0.1, 0.15) is 39.2 Å². The highest BCUT2D eigenvalue weighted by Crippen LogP contribution is 2.40. The Morgan fingerprint density at radius 1 is 0.970 bits per heavy atom. The van der Waals surface area contributed by atoms with E-state index in [0.29, 0.717) is 42.4 Å². The van der Waals surface area contributed by atoms with Crippen LogP contribution in [-0.4, -0.2) is 36.2 Å². The number of rotatable bonds is 5. The summed E-state index contributed by atoms with van der Waals surface area (Å²) in [5, 5.41) is 0.316. The van der Waals surface area contributed by atoms with Crippen molar-refractivity contribution < 1.29 is 17.2 Å². The van der Waals surface area contributed by atoms with E-state index in [0.717, 1.165) is 18.5 Å². The number of hydrogen-bond donors (Lipinski definition) is 0. The summed E-state index contributed by atoms with van der Waals surface area (Å²) in [4.78, 5) is 11.0. The Bertz CT molecular complexity index is 1280. The van der Waals surface area contributed by atoms with Crippen LogP contribution in [0.4, 0.5) is 14.6 Å². The average molecular weight is 494 g/mol. The van der Waals surface area contributed by atoms with Crippen LogP contribution < -0.4 is 4.90 Å². The maximum atomic E-state index is 13.8. The number of fused-ring (bicyclic) bond motifs is 1.